The van der Waals surface area contributed by atoms with E-state index >= 15 is 0 Å². The summed E-state index contributed by atoms with van der Waals surface area (Å²) in [4.78, 5) is 50.1. The Kier molecular flexibility index (Phi) is 5.63. The first kappa shape index (κ1) is 20.1. The van der Waals surface area contributed by atoms with Gasteiger partial charge >= 0.3 is 12.0 Å². The Hall–Kier alpha value is -3.68. The number of anilines is 1. The zero-order chi connectivity index (χ0) is 21.0. The summed E-state index contributed by atoms with van der Waals surface area (Å²) < 4.78 is 0. The van der Waals surface area contributed by atoms with E-state index in [1.54, 1.807) is 42.5 Å². The SMILES string of the molecule is Cc1ccccc1NC(=O)CN1C(=O)N[C@](CCC(=O)O)(c2ccccc2)C1=O. The van der Waals surface area contributed by atoms with Gasteiger partial charge in [0.05, 0.1) is 0 Å². The van der Waals surface area contributed by atoms with Crippen LogP contribution in [0.25, 0.3) is 0 Å². The van der Waals surface area contributed by atoms with Gasteiger partial charge in [-0.25, -0.2) is 4.79 Å². The van der Waals surface area contributed by atoms with E-state index in [0.717, 1.165) is 10.5 Å². The van der Waals surface area contributed by atoms with Crippen molar-refractivity contribution in [2.24, 2.45) is 0 Å². The molecule has 2 aromatic rings. The van der Waals surface area contributed by atoms with Crippen molar-refractivity contribution in [1.29, 1.82) is 0 Å². The first-order chi connectivity index (χ1) is 13.8. The van der Waals surface area contributed by atoms with E-state index in [1.165, 1.54) is 0 Å². The van der Waals surface area contributed by atoms with Crippen molar-refractivity contribution in [3.05, 3.63) is 65.7 Å². The number of amides is 4. The van der Waals surface area contributed by atoms with Crippen molar-refractivity contribution < 1.29 is 24.3 Å². The number of carboxylic acids is 1. The quantitative estimate of drug-likeness (QED) is 0.622. The summed E-state index contributed by atoms with van der Waals surface area (Å²) in [6, 6.07) is 14.9. The van der Waals surface area contributed by atoms with E-state index < -0.39 is 35.9 Å². The number of nitrogens with zero attached hydrogens (tertiary/aromatic N) is 1. The molecule has 0 spiro atoms. The molecule has 1 saturated heterocycles. The van der Waals surface area contributed by atoms with Gasteiger partial charge in [0.2, 0.25) is 5.91 Å². The Morgan fingerprint density at radius 2 is 1.72 bits per heavy atom. The molecular formula is C21H21N3O5. The maximum Gasteiger partial charge on any atom is 0.325 e. The van der Waals surface area contributed by atoms with Crippen LogP contribution in [-0.4, -0.2) is 40.4 Å². The number of carboxylic acid groups (broad SMARTS) is 1. The van der Waals surface area contributed by atoms with Crippen molar-refractivity contribution in [2.75, 3.05) is 11.9 Å². The van der Waals surface area contributed by atoms with Crippen molar-refractivity contribution in [3.8, 4) is 0 Å². The van der Waals surface area contributed by atoms with Gasteiger partial charge in [0.25, 0.3) is 5.91 Å². The molecule has 2 aromatic carbocycles. The lowest BCUT2D eigenvalue weighted by atomic mass is 9.85. The van der Waals surface area contributed by atoms with E-state index in [0.29, 0.717) is 11.3 Å². The van der Waals surface area contributed by atoms with Gasteiger partial charge in [-0.3, -0.25) is 19.3 Å². The topological polar surface area (TPSA) is 116 Å². The Bertz CT molecular complexity index is 960. The van der Waals surface area contributed by atoms with Crippen molar-refractivity contribution in [1.82, 2.24) is 10.2 Å². The molecule has 3 N–H and O–H groups in total. The van der Waals surface area contributed by atoms with Crippen LogP contribution in [0.15, 0.2) is 54.6 Å². The fourth-order valence-electron chi connectivity index (χ4n) is 3.34. The minimum atomic E-state index is -1.51. The van der Waals surface area contributed by atoms with Gasteiger partial charge < -0.3 is 15.7 Å². The average molecular weight is 395 g/mol. The zero-order valence-electron chi connectivity index (χ0n) is 15.8. The van der Waals surface area contributed by atoms with Crippen LogP contribution in [-0.2, 0) is 19.9 Å². The molecule has 0 bridgehead atoms. The molecule has 3 rings (SSSR count). The fourth-order valence-corrected chi connectivity index (χ4v) is 3.34. The predicted molar refractivity (Wildman–Crippen MR) is 105 cm³/mol. The van der Waals surface area contributed by atoms with Gasteiger partial charge in [-0.15, -0.1) is 0 Å². The molecule has 1 aliphatic heterocycles. The number of urea groups is 1. The lowest BCUT2D eigenvalue weighted by molar-refractivity contribution is -0.138. The number of rotatable bonds is 7. The van der Waals surface area contributed by atoms with Crippen LogP contribution in [0.5, 0.6) is 0 Å². The average Bonchev–Trinajstić information content (AvgIpc) is 2.94. The van der Waals surface area contributed by atoms with Crippen LogP contribution in [0, 0.1) is 6.92 Å². The zero-order valence-corrected chi connectivity index (χ0v) is 15.8. The third-order valence-corrected chi connectivity index (χ3v) is 4.88. The Labute approximate surface area is 167 Å². The number of hydrogen-bond acceptors (Lipinski definition) is 4. The van der Waals surface area contributed by atoms with Crippen LogP contribution >= 0.6 is 0 Å². The van der Waals surface area contributed by atoms with E-state index in [1.807, 2.05) is 19.1 Å². The molecule has 0 unspecified atom stereocenters. The van der Waals surface area contributed by atoms with E-state index in [2.05, 4.69) is 10.6 Å². The maximum atomic E-state index is 13.2. The van der Waals surface area contributed by atoms with Crippen LogP contribution in [0.3, 0.4) is 0 Å². The van der Waals surface area contributed by atoms with Crippen molar-refractivity contribution >= 4 is 29.5 Å². The highest BCUT2D eigenvalue weighted by atomic mass is 16.4. The molecule has 0 aliphatic carbocycles. The molecule has 1 atom stereocenters. The number of carbonyl (C=O) groups is 4. The van der Waals surface area contributed by atoms with Crippen molar-refractivity contribution in [2.45, 2.75) is 25.3 Å². The summed E-state index contributed by atoms with van der Waals surface area (Å²) in [6.07, 6.45) is -0.434. The second kappa shape index (κ2) is 8.14. The molecule has 0 aromatic heterocycles. The molecule has 29 heavy (non-hydrogen) atoms. The third-order valence-electron chi connectivity index (χ3n) is 4.88. The molecule has 0 radical (unpaired) electrons. The Morgan fingerprint density at radius 3 is 2.38 bits per heavy atom. The predicted octanol–water partition coefficient (Wildman–Crippen LogP) is 2.25. The Morgan fingerprint density at radius 1 is 1.07 bits per heavy atom. The summed E-state index contributed by atoms with van der Waals surface area (Å²) in [7, 11) is 0. The first-order valence-corrected chi connectivity index (χ1v) is 9.10. The van der Waals surface area contributed by atoms with E-state index in [9.17, 15) is 19.2 Å². The molecule has 8 nitrogen and oxygen atoms in total. The molecule has 1 aliphatic rings. The number of imide groups is 1. The fraction of sp³-hybridized carbons (Fsp3) is 0.238. The highest BCUT2D eigenvalue weighted by Gasteiger charge is 2.52. The molecule has 1 fully saturated rings. The second-order valence-electron chi connectivity index (χ2n) is 6.85. The molecule has 1 heterocycles. The van der Waals surface area contributed by atoms with Crippen LogP contribution in [0.4, 0.5) is 10.5 Å². The normalized spacial score (nSPS) is 18.4. The van der Waals surface area contributed by atoms with E-state index in [-0.39, 0.29) is 12.8 Å². The van der Waals surface area contributed by atoms with Crippen molar-refractivity contribution in [3.63, 3.8) is 0 Å². The number of nitrogens with one attached hydrogen (secondary N) is 2. The van der Waals surface area contributed by atoms with Crippen LogP contribution in [0.1, 0.15) is 24.0 Å². The monoisotopic (exact) mass is 395 g/mol. The molecular weight excluding hydrogens is 374 g/mol. The third kappa shape index (κ3) is 4.11. The molecule has 0 saturated carbocycles. The number of aliphatic carboxylic acids is 1. The van der Waals surface area contributed by atoms with Gasteiger partial charge in [-0.2, -0.15) is 0 Å². The summed E-state index contributed by atoms with van der Waals surface area (Å²) in [5.41, 5.74) is 0.393. The van der Waals surface area contributed by atoms with Gasteiger partial charge in [-0.1, -0.05) is 48.5 Å². The van der Waals surface area contributed by atoms with Crippen LogP contribution < -0.4 is 10.6 Å². The molecule has 8 heteroatoms. The lowest BCUT2D eigenvalue weighted by Gasteiger charge is -2.26. The molecule has 150 valence electrons. The minimum Gasteiger partial charge on any atom is -0.481 e. The standard InChI is InChI=1S/C21H21N3O5/c1-14-7-5-6-10-16(14)22-17(25)13-24-19(28)21(23-20(24)29,12-11-18(26)27)15-8-3-2-4-9-15/h2-10H,11-13H2,1H3,(H,22,25)(H,23,29)(H,26,27)/t21-/m1/s1. The summed E-state index contributed by atoms with van der Waals surface area (Å²) in [5.74, 6) is -2.25. The number of benzene rings is 2. The molecule has 4 amide bonds. The Balaban J connectivity index is 1.83. The lowest BCUT2D eigenvalue weighted by Crippen LogP contribution is -2.45. The highest BCUT2D eigenvalue weighted by molar-refractivity contribution is 6.10. The number of carbonyl (C=O) groups excluding carboxylic acids is 3. The number of para-hydroxylation sites is 1. The van der Waals surface area contributed by atoms with Gasteiger partial charge in [0, 0.05) is 12.1 Å². The largest absolute Gasteiger partial charge is 0.481 e. The number of aryl methyl sites for hydroxylation is 1. The van der Waals surface area contributed by atoms with Crippen LogP contribution in [0.2, 0.25) is 0 Å². The summed E-state index contributed by atoms with van der Waals surface area (Å²) in [5, 5.41) is 14.4. The highest BCUT2D eigenvalue weighted by Crippen LogP contribution is 2.33. The summed E-state index contributed by atoms with van der Waals surface area (Å²) in [6.45, 7) is 1.36. The van der Waals surface area contributed by atoms with Gasteiger partial charge in [0.15, 0.2) is 0 Å². The van der Waals surface area contributed by atoms with Gasteiger partial charge in [0.1, 0.15) is 12.1 Å². The van der Waals surface area contributed by atoms with Gasteiger partial charge in [-0.05, 0) is 30.5 Å². The van der Waals surface area contributed by atoms with E-state index in [4.69, 9.17) is 5.11 Å². The number of hydrogen-bond donors (Lipinski definition) is 3. The minimum absolute atomic E-state index is 0.118. The maximum absolute atomic E-state index is 13.2. The smallest absolute Gasteiger partial charge is 0.325 e. The second-order valence-corrected chi connectivity index (χ2v) is 6.85. The first-order valence-electron chi connectivity index (χ1n) is 9.10. The summed E-state index contributed by atoms with van der Waals surface area (Å²) >= 11 is 0.